The number of imidazole rings is 1. The highest BCUT2D eigenvalue weighted by Crippen LogP contribution is 2.22. The largest absolute Gasteiger partial charge is 0.381 e. The Bertz CT molecular complexity index is 975. The van der Waals surface area contributed by atoms with Crippen LogP contribution in [0.15, 0.2) is 37.1 Å². The standard InChI is InChI=1S/C19H23N7O2/c27-19(16-2-8-26(23-16)15-3-11-28-12-4-15)22-14-1-7-25(13-14)18-17-20-5-9-24(17)10-6-21-18/h2,5-6,8-10,14-15H,1,3-4,7,11-13H2,(H,22,27)/t14-/m0/s1. The number of nitrogens with one attached hydrogen (secondary N) is 1. The van der Waals surface area contributed by atoms with Gasteiger partial charge in [0.05, 0.1) is 6.04 Å². The third kappa shape index (κ3) is 3.22. The van der Waals surface area contributed by atoms with Gasteiger partial charge in [0.15, 0.2) is 11.5 Å². The molecule has 0 aromatic carbocycles. The maximum atomic E-state index is 12.6. The summed E-state index contributed by atoms with van der Waals surface area (Å²) in [5, 5.41) is 7.61. The average molecular weight is 381 g/mol. The number of rotatable bonds is 4. The zero-order valence-corrected chi connectivity index (χ0v) is 15.6. The molecule has 2 aliphatic rings. The first kappa shape index (κ1) is 17.2. The second-order valence-corrected chi connectivity index (χ2v) is 7.34. The first-order valence-corrected chi connectivity index (χ1v) is 9.74. The lowest BCUT2D eigenvalue weighted by atomic mass is 10.1. The summed E-state index contributed by atoms with van der Waals surface area (Å²) in [4.78, 5) is 23.7. The predicted molar refractivity (Wildman–Crippen MR) is 102 cm³/mol. The lowest BCUT2D eigenvalue weighted by Crippen LogP contribution is -2.37. The zero-order chi connectivity index (χ0) is 18.9. The van der Waals surface area contributed by atoms with Crippen molar-refractivity contribution in [1.82, 2.24) is 29.5 Å². The maximum absolute atomic E-state index is 12.6. The van der Waals surface area contributed by atoms with E-state index in [0.29, 0.717) is 18.3 Å². The highest BCUT2D eigenvalue weighted by atomic mass is 16.5. The fraction of sp³-hybridized carbons (Fsp3) is 0.474. The van der Waals surface area contributed by atoms with Crippen LogP contribution >= 0.6 is 0 Å². The topological polar surface area (TPSA) is 89.6 Å². The number of hydrogen-bond donors (Lipinski definition) is 1. The summed E-state index contributed by atoms with van der Waals surface area (Å²) in [6, 6.07) is 2.18. The van der Waals surface area contributed by atoms with Crippen molar-refractivity contribution in [1.29, 1.82) is 0 Å². The number of carbonyl (C=O) groups excluding carboxylic acids is 1. The van der Waals surface area contributed by atoms with Crippen LogP contribution in [0.5, 0.6) is 0 Å². The Hall–Kier alpha value is -2.94. The number of ether oxygens (including phenoxy) is 1. The minimum atomic E-state index is -0.121. The van der Waals surface area contributed by atoms with E-state index >= 15 is 0 Å². The first-order chi connectivity index (χ1) is 13.8. The summed E-state index contributed by atoms with van der Waals surface area (Å²) < 4.78 is 9.26. The molecule has 1 N–H and O–H groups in total. The van der Waals surface area contributed by atoms with Crippen molar-refractivity contribution in [2.75, 3.05) is 31.2 Å². The molecule has 5 heterocycles. The number of carbonyl (C=O) groups is 1. The van der Waals surface area contributed by atoms with Crippen molar-refractivity contribution in [3.8, 4) is 0 Å². The second-order valence-electron chi connectivity index (χ2n) is 7.34. The molecule has 9 heteroatoms. The second kappa shape index (κ2) is 7.23. The van der Waals surface area contributed by atoms with Gasteiger partial charge in [0.25, 0.3) is 5.91 Å². The fourth-order valence-corrected chi connectivity index (χ4v) is 4.01. The molecule has 3 aromatic rings. The van der Waals surface area contributed by atoms with Gasteiger partial charge < -0.3 is 19.4 Å². The number of aromatic nitrogens is 5. The quantitative estimate of drug-likeness (QED) is 0.732. The molecule has 0 bridgehead atoms. The predicted octanol–water partition coefficient (Wildman–Crippen LogP) is 1.29. The highest BCUT2D eigenvalue weighted by molar-refractivity contribution is 5.92. The van der Waals surface area contributed by atoms with Crippen LogP contribution in [-0.4, -0.2) is 62.4 Å². The van der Waals surface area contributed by atoms with Crippen LogP contribution in [0.4, 0.5) is 5.82 Å². The number of anilines is 1. The third-order valence-electron chi connectivity index (χ3n) is 5.52. The van der Waals surface area contributed by atoms with Gasteiger partial charge in [-0.05, 0) is 25.3 Å². The summed E-state index contributed by atoms with van der Waals surface area (Å²) in [5.74, 6) is 0.734. The number of fused-ring (bicyclic) bond motifs is 1. The van der Waals surface area contributed by atoms with Crippen LogP contribution in [0.1, 0.15) is 35.8 Å². The van der Waals surface area contributed by atoms with Crippen LogP contribution < -0.4 is 10.2 Å². The van der Waals surface area contributed by atoms with E-state index in [1.54, 1.807) is 18.5 Å². The zero-order valence-electron chi connectivity index (χ0n) is 15.6. The summed E-state index contributed by atoms with van der Waals surface area (Å²) in [5.41, 5.74) is 1.31. The molecule has 0 spiro atoms. The normalized spacial score (nSPS) is 20.7. The van der Waals surface area contributed by atoms with Gasteiger partial charge in [-0.3, -0.25) is 9.48 Å². The number of hydrogen-bond acceptors (Lipinski definition) is 6. The average Bonchev–Trinajstić information content (AvgIpc) is 3.48. The number of amides is 1. The van der Waals surface area contributed by atoms with Crippen LogP contribution in [0.25, 0.3) is 5.65 Å². The minimum Gasteiger partial charge on any atom is -0.381 e. The first-order valence-electron chi connectivity index (χ1n) is 9.74. The van der Waals surface area contributed by atoms with Crippen molar-refractivity contribution in [2.24, 2.45) is 0 Å². The van der Waals surface area contributed by atoms with Gasteiger partial charge in [-0.25, -0.2) is 9.97 Å². The Labute approximate surface area is 162 Å². The monoisotopic (exact) mass is 381 g/mol. The lowest BCUT2D eigenvalue weighted by molar-refractivity contribution is 0.0660. The molecule has 1 amide bonds. The van der Waals surface area contributed by atoms with Crippen molar-refractivity contribution in [3.05, 3.63) is 42.7 Å². The molecule has 146 valence electrons. The third-order valence-corrected chi connectivity index (χ3v) is 5.52. The van der Waals surface area contributed by atoms with Crippen molar-refractivity contribution in [2.45, 2.75) is 31.3 Å². The molecule has 9 nitrogen and oxygen atoms in total. The highest BCUT2D eigenvalue weighted by Gasteiger charge is 2.27. The maximum Gasteiger partial charge on any atom is 0.272 e. The van der Waals surface area contributed by atoms with E-state index in [2.05, 4.69) is 25.3 Å². The molecule has 0 radical (unpaired) electrons. The van der Waals surface area contributed by atoms with Gasteiger partial charge >= 0.3 is 0 Å². The summed E-state index contributed by atoms with van der Waals surface area (Å²) in [6.45, 7) is 3.05. The molecule has 1 atom stereocenters. The Morgan fingerprint density at radius 1 is 1.11 bits per heavy atom. The Balaban J connectivity index is 1.23. The Morgan fingerprint density at radius 2 is 1.93 bits per heavy atom. The van der Waals surface area contributed by atoms with Gasteiger partial charge in [-0.15, -0.1) is 0 Å². The molecule has 0 unspecified atom stereocenters. The van der Waals surface area contributed by atoms with Crippen LogP contribution in [0.3, 0.4) is 0 Å². The Kier molecular flexibility index (Phi) is 4.44. The molecule has 2 aliphatic heterocycles. The fourth-order valence-electron chi connectivity index (χ4n) is 4.01. The van der Waals surface area contributed by atoms with E-state index in [-0.39, 0.29) is 11.9 Å². The molecule has 0 aliphatic carbocycles. The van der Waals surface area contributed by atoms with Gasteiger partial charge in [0.2, 0.25) is 0 Å². The molecule has 28 heavy (non-hydrogen) atoms. The van der Waals surface area contributed by atoms with E-state index < -0.39 is 0 Å². The summed E-state index contributed by atoms with van der Waals surface area (Å²) in [7, 11) is 0. The van der Waals surface area contributed by atoms with Crippen molar-refractivity contribution >= 4 is 17.4 Å². The summed E-state index contributed by atoms with van der Waals surface area (Å²) in [6.07, 6.45) is 12.0. The van der Waals surface area contributed by atoms with Crippen LogP contribution in [-0.2, 0) is 4.74 Å². The van der Waals surface area contributed by atoms with E-state index in [0.717, 1.165) is 50.5 Å². The summed E-state index contributed by atoms with van der Waals surface area (Å²) >= 11 is 0. The minimum absolute atomic E-state index is 0.0674. The molecular weight excluding hydrogens is 358 g/mol. The molecule has 2 saturated heterocycles. The van der Waals surface area contributed by atoms with Gasteiger partial charge in [0.1, 0.15) is 5.69 Å². The van der Waals surface area contributed by atoms with Gasteiger partial charge in [-0.1, -0.05) is 0 Å². The van der Waals surface area contributed by atoms with E-state index in [1.807, 2.05) is 27.7 Å². The van der Waals surface area contributed by atoms with Crippen LogP contribution in [0, 0.1) is 0 Å². The Morgan fingerprint density at radius 3 is 2.79 bits per heavy atom. The molecule has 3 aromatic heterocycles. The van der Waals surface area contributed by atoms with Crippen molar-refractivity contribution < 1.29 is 9.53 Å². The van der Waals surface area contributed by atoms with Crippen LogP contribution in [0.2, 0.25) is 0 Å². The molecule has 0 saturated carbocycles. The van der Waals surface area contributed by atoms with E-state index in [4.69, 9.17) is 4.74 Å². The molecule has 2 fully saturated rings. The van der Waals surface area contributed by atoms with E-state index in [9.17, 15) is 4.79 Å². The smallest absolute Gasteiger partial charge is 0.272 e. The van der Waals surface area contributed by atoms with Gasteiger partial charge in [-0.2, -0.15) is 5.10 Å². The lowest BCUT2D eigenvalue weighted by Gasteiger charge is -2.22. The number of nitrogens with zero attached hydrogens (tertiary/aromatic N) is 6. The molecular formula is C19H23N7O2. The van der Waals surface area contributed by atoms with E-state index in [1.165, 1.54) is 0 Å². The molecule has 5 rings (SSSR count). The van der Waals surface area contributed by atoms with Gasteiger partial charge in [0, 0.05) is 63.3 Å². The SMILES string of the molecule is O=C(N[C@H]1CCN(c2nccn3ccnc23)C1)c1ccn(C2CCOCC2)n1. The van der Waals surface area contributed by atoms with Crippen molar-refractivity contribution in [3.63, 3.8) is 0 Å².